The average molecular weight is 353 g/mol. The number of hydrogen-bond acceptors (Lipinski definition) is 7. The summed E-state index contributed by atoms with van der Waals surface area (Å²) in [6, 6.07) is 7.05. The van der Waals surface area contributed by atoms with E-state index in [0.29, 0.717) is 22.5 Å². The lowest BCUT2D eigenvalue weighted by atomic mass is 10.2. The van der Waals surface area contributed by atoms with Crippen LogP contribution in [0.4, 0.5) is 11.6 Å². The molecule has 1 aliphatic heterocycles. The number of nitrogen functional groups attached to an aromatic ring is 1. The fraction of sp³-hybridized carbons (Fsp3) is 0.294. The zero-order chi connectivity index (χ0) is 18.3. The quantitative estimate of drug-likeness (QED) is 0.660. The first kappa shape index (κ1) is 16.1. The molecular formula is C17H19N7O2. The van der Waals surface area contributed by atoms with Crippen molar-refractivity contribution in [3.05, 3.63) is 30.5 Å². The lowest BCUT2D eigenvalue weighted by Crippen LogP contribution is -2.34. The van der Waals surface area contributed by atoms with E-state index in [-0.39, 0.29) is 24.1 Å². The second-order valence-electron chi connectivity index (χ2n) is 6.29. The van der Waals surface area contributed by atoms with Gasteiger partial charge >= 0.3 is 0 Å². The van der Waals surface area contributed by atoms with E-state index in [1.54, 1.807) is 36.3 Å². The third-order valence-electron chi connectivity index (χ3n) is 4.54. The Kier molecular flexibility index (Phi) is 3.83. The van der Waals surface area contributed by atoms with E-state index in [0.717, 1.165) is 24.2 Å². The second-order valence-corrected chi connectivity index (χ2v) is 6.29. The molecule has 0 aromatic carbocycles. The van der Waals surface area contributed by atoms with Crippen molar-refractivity contribution in [2.45, 2.75) is 6.42 Å². The number of imidazole rings is 1. The van der Waals surface area contributed by atoms with Crippen LogP contribution in [0.5, 0.6) is 0 Å². The van der Waals surface area contributed by atoms with Gasteiger partial charge in [-0.05, 0) is 30.7 Å². The van der Waals surface area contributed by atoms with Gasteiger partial charge in [-0.1, -0.05) is 0 Å². The minimum Gasteiger partial charge on any atom is -0.425 e. The van der Waals surface area contributed by atoms with Gasteiger partial charge in [0, 0.05) is 26.3 Å². The summed E-state index contributed by atoms with van der Waals surface area (Å²) in [5.74, 6) is 1.23. The number of carbonyl (C=O) groups excluding carboxylic acids is 1. The van der Waals surface area contributed by atoms with Crippen molar-refractivity contribution in [3.8, 4) is 11.4 Å². The van der Waals surface area contributed by atoms with Gasteiger partial charge in [0.2, 0.25) is 5.91 Å². The summed E-state index contributed by atoms with van der Waals surface area (Å²) in [6.45, 7) is 1.70. The summed E-state index contributed by atoms with van der Waals surface area (Å²) in [6.07, 6.45) is 2.44. The minimum absolute atomic E-state index is 0.0470. The Hall–Kier alpha value is -3.36. The molecule has 1 saturated heterocycles. The summed E-state index contributed by atoms with van der Waals surface area (Å²) in [7, 11) is 1.80. The molecule has 4 rings (SSSR count). The fourth-order valence-electron chi connectivity index (χ4n) is 3.08. The molecule has 134 valence electrons. The van der Waals surface area contributed by atoms with Gasteiger partial charge in [0.15, 0.2) is 11.5 Å². The standard InChI is InChI=1S/C17H19N7O2/c1-22-8-3-9-23(10-14(22)25)13-6-5-12-17(21-13)24(26)16(20-12)11-4-2-7-19-15(11)18/h2,4-7,26H,3,8-10H2,1H3,(H2,18,19). The molecule has 9 nitrogen and oxygen atoms in total. The monoisotopic (exact) mass is 353 g/mol. The SMILES string of the molecule is CN1CCCN(c2ccc3nc(-c4cccnc4N)n(O)c3n2)CC1=O. The molecule has 3 aromatic rings. The Morgan fingerprint density at radius 3 is 2.85 bits per heavy atom. The predicted octanol–water partition coefficient (Wildman–Crippen LogP) is 0.981. The molecule has 3 N–H and O–H groups in total. The highest BCUT2D eigenvalue weighted by molar-refractivity contribution is 5.83. The molecule has 0 unspecified atom stereocenters. The summed E-state index contributed by atoms with van der Waals surface area (Å²) < 4.78 is 0.915. The smallest absolute Gasteiger partial charge is 0.241 e. The number of nitrogens with zero attached hydrogens (tertiary/aromatic N) is 6. The third kappa shape index (κ3) is 2.67. The van der Waals surface area contributed by atoms with Crippen LogP contribution in [0.2, 0.25) is 0 Å². The Bertz CT molecular complexity index is 984. The van der Waals surface area contributed by atoms with Crippen LogP contribution in [0.3, 0.4) is 0 Å². The first-order valence-electron chi connectivity index (χ1n) is 8.33. The van der Waals surface area contributed by atoms with E-state index in [1.165, 1.54) is 0 Å². The number of amides is 1. The molecule has 0 radical (unpaired) electrons. The van der Waals surface area contributed by atoms with Crippen LogP contribution in [0.15, 0.2) is 30.5 Å². The molecule has 0 spiro atoms. The molecule has 1 amide bonds. The zero-order valence-corrected chi connectivity index (χ0v) is 14.3. The Morgan fingerprint density at radius 2 is 2.04 bits per heavy atom. The van der Waals surface area contributed by atoms with E-state index in [9.17, 15) is 10.0 Å². The van der Waals surface area contributed by atoms with E-state index < -0.39 is 0 Å². The van der Waals surface area contributed by atoms with Crippen molar-refractivity contribution in [1.82, 2.24) is 24.6 Å². The second kappa shape index (κ2) is 6.17. The van der Waals surface area contributed by atoms with E-state index in [2.05, 4.69) is 15.0 Å². The highest BCUT2D eigenvalue weighted by atomic mass is 16.5. The maximum Gasteiger partial charge on any atom is 0.241 e. The molecule has 0 bridgehead atoms. The molecule has 3 aromatic heterocycles. The van der Waals surface area contributed by atoms with Crippen molar-refractivity contribution in [1.29, 1.82) is 0 Å². The van der Waals surface area contributed by atoms with Gasteiger partial charge in [-0.25, -0.2) is 15.0 Å². The van der Waals surface area contributed by atoms with Gasteiger partial charge in [0.05, 0.1) is 12.1 Å². The van der Waals surface area contributed by atoms with Crippen molar-refractivity contribution in [2.24, 2.45) is 0 Å². The number of likely N-dealkylation sites (N-methyl/N-ethyl adjacent to an activating group) is 1. The maximum absolute atomic E-state index is 12.1. The number of hydrogen-bond donors (Lipinski definition) is 2. The molecule has 26 heavy (non-hydrogen) atoms. The number of pyridine rings is 2. The van der Waals surface area contributed by atoms with Gasteiger partial charge in [-0.3, -0.25) is 4.79 Å². The molecule has 9 heteroatoms. The maximum atomic E-state index is 12.1. The summed E-state index contributed by atoms with van der Waals surface area (Å²) in [5, 5.41) is 10.6. The highest BCUT2D eigenvalue weighted by Gasteiger charge is 2.22. The normalized spacial score (nSPS) is 15.5. The Labute approximate surface area is 149 Å². The van der Waals surface area contributed by atoms with Crippen LogP contribution < -0.4 is 10.6 Å². The van der Waals surface area contributed by atoms with Crippen molar-refractivity contribution in [2.75, 3.05) is 37.3 Å². The Morgan fingerprint density at radius 1 is 1.19 bits per heavy atom. The number of nitrogens with two attached hydrogens (primary N) is 1. The minimum atomic E-state index is 0.0470. The summed E-state index contributed by atoms with van der Waals surface area (Å²) in [5.41, 5.74) is 7.26. The largest absolute Gasteiger partial charge is 0.425 e. The Balaban J connectivity index is 1.75. The number of carbonyl (C=O) groups is 1. The molecule has 0 aliphatic carbocycles. The van der Waals surface area contributed by atoms with Gasteiger partial charge in [0.25, 0.3) is 0 Å². The third-order valence-corrected chi connectivity index (χ3v) is 4.54. The lowest BCUT2D eigenvalue weighted by Gasteiger charge is -2.20. The van der Waals surface area contributed by atoms with Crippen LogP contribution in [-0.2, 0) is 4.79 Å². The first-order chi connectivity index (χ1) is 12.5. The van der Waals surface area contributed by atoms with Crippen LogP contribution in [-0.4, -0.2) is 62.4 Å². The van der Waals surface area contributed by atoms with E-state index in [4.69, 9.17) is 5.73 Å². The van der Waals surface area contributed by atoms with Gasteiger partial charge in [0.1, 0.15) is 17.2 Å². The van der Waals surface area contributed by atoms with E-state index in [1.807, 2.05) is 11.0 Å². The number of fused-ring (bicyclic) bond motifs is 1. The summed E-state index contributed by atoms with van der Waals surface area (Å²) in [4.78, 5) is 28.7. The lowest BCUT2D eigenvalue weighted by molar-refractivity contribution is -0.127. The van der Waals surface area contributed by atoms with Crippen LogP contribution in [0, 0.1) is 0 Å². The van der Waals surface area contributed by atoms with Crippen LogP contribution in [0.1, 0.15) is 6.42 Å². The van der Waals surface area contributed by atoms with E-state index >= 15 is 0 Å². The van der Waals surface area contributed by atoms with Gasteiger partial charge in [-0.2, -0.15) is 0 Å². The average Bonchev–Trinajstić information content (AvgIpc) is 2.86. The fourth-order valence-corrected chi connectivity index (χ4v) is 3.08. The summed E-state index contributed by atoms with van der Waals surface area (Å²) >= 11 is 0. The molecule has 1 aliphatic rings. The first-order valence-corrected chi connectivity index (χ1v) is 8.33. The van der Waals surface area contributed by atoms with Gasteiger partial charge < -0.3 is 20.7 Å². The topological polar surface area (TPSA) is 113 Å². The van der Waals surface area contributed by atoms with Crippen LogP contribution >= 0.6 is 0 Å². The van der Waals surface area contributed by atoms with Crippen molar-refractivity contribution < 1.29 is 10.0 Å². The number of anilines is 2. The van der Waals surface area contributed by atoms with Crippen molar-refractivity contribution >= 4 is 28.7 Å². The molecule has 4 heterocycles. The van der Waals surface area contributed by atoms with Crippen LogP contribution in [0.25, 0.3) is 22.6 Å². The highest BCUT2D eigenvalue weighted by Crippen LogP contribution is 2.27. The molecule has 0 saturated carbocycles. The van der Waals surface area contributed by atoms with Crippen molar-refractivity contribution in [3.63, 3.8) is 0 Å². The van der Waals surface area contributed by atoms with Gasteiger partial charge in [-0.15, -0.1) is 4.73 Å². The number of aromatic nitrogens is 4. The predicted molar refractivity (Wildman–Crippen MR) is 96.8 cm³/mol. The zero-order valence-electron chi connectivity index (χ0n) is 14.3. The molecule has 0 atom stereocenters. The molecule has 1 fully saturated rings. The number of rotatable bonds is 2. The molecular weight excluding hydrogens is 334 g/mol.